The first-order valence-electron chi connectivity index (χ1n) is 8.20. The number of halogens is 1. The summed E-state index contributed by atoms with van der Waals surface area (Å²) in [5, 5.41) is 4.55. The van der Waals surface area contributed by atoms with Crippen molar-refractivity contribution in [2.75, 3.05) is 12.3 Å². The van der Waals surface area contributed by atoms with Gasteiger partial charge < -0.3 is 5.32 Å². The van der Waals surface area contributed by atoms with Gasteiger partial charge in [-0.3, -0.25) is 0 Å². The summed E-state index contributed by atoms with van der Waals surface area (Å²) in [5.74, 6) is 3.73. The molecule has 1 nitrogen and oxygen atoms in total. The van der Waals surface area contributed by atoms with E-state index in [4.69, 9.17) is 11.6 Å². The lowest BCUT2D eigenvalue weighted by Gasteiger charge is -2.37. The van der Waals surface area contributed by atoms with E-state index in [1.165, 1.54) is 24.2 Å². The average Bonchev–Trinajstić information content (AvgIpc) is 2.44. The van der Waals surface area contributed by atoms with Crippen molar-refractivity contribution >= 4 is 23.4 Å². The lowest BCUT2D eigenvalue weighted by molar-refractivity contribution is 0.185. The van der Waals surface area contributed by atoms with Crippen LogP contribution in [0.15, 0.2) is 29.2 Å². The van der Waals surface area contributed by atoms with E-state index in [0.717, 1.165) is 35.1 Å². The van der Waals surface area contributed by atoms with Gasteiger partial charge in [-0.1, -0.05) is 32.4 Å². The molecule has 21 heavy (non-hydrogen) atoms. The minimum absolute atomic E-state index is 0.626. The second kappa shape index (κ2) is 8.45. The molecule has 0 aromatic heterocycles. The summed E-state index contributed by atoms with van der Waals surface area (Å²) >= 11 is 7.91. The van der Waals surface area contributed by atoms with Crippen LogP contribution >= 0.6 is 23.4 Å². The molecular formula is C18H28ClNS. The standard InChI is InChI=1S/C18H28ClNS/c1-4-20-18(15-10-13(2)9-14(3)11-15)12-21-17-7-5-16(19)6-8-17/h5-8,13-15,18,20H,4,9-12H2,1-3H3. The van der Waals surface area contributed by atoms with Crippen molar-refractivity contribution in [2.45, 2.75) is 51.0 Å². The maximum absolute atomic E-state index is 5.96. The van der Waals surface area contributed by atoms with Gasteiger partial charge in [0.2, 0.25) is 0 Å². The van der Waals surface area contributed by atoms with Crippen LogP contribution in [0.5, 0.6) is 0 Å². The second-order valence-corrected chi connectivity index (χ2v) is 8.14. The number of hydrogen-bond donors (Lipinski definition) is 1. The Morgan fingerprint density at radius 3 is 2.33 bits per heavy atom. The fourth-order valence-electron chi connectivity index (χ4n) is 3.68. The molecule has 2 rings (SSSR count). The highest BCUT2D eigenvalue weighted by atomic mass is 35.5. The average molecular weight is 326 g/mol. The summed E-state index contributed by atoms with van der Waals surface area (Å²) in [6.45, 7) is 8.11. The van der Waals surface area contributed by atoms with Gasteiger partial charge in [-0.05, 0) is 67.8 Å². The number of nitrogens with one attached hydrogen (secondary N) is 1. The molecule has 118 valence electrons. The fourth-order valence-corrected chi connectivity index (χ4v) is 4.89. The van der Waals surface area contributed by atoms with Crippen LogP contribution in [0.3, 0.4) is 0 Å². The van der Waals surface area contributed by atoms with Crippen LogP contribution in [0.2, 0.25) is 5.02 Å². The van der Waals surface area contributed by atoms with E-state index in [1.807, 2.05) is 23.9 Å². The van der Waals surface area contributed by atoms with E-state index in [1.54, 1.807) is 0 Å². The van der Waals surface area contributed by atoms with Gasteiger partial charge in [0.25, 0.3) is 0 Å². The van der Waals surface area contributed by atoms with Crippen molar-refractivity contribution in [3.8, 4) is 0 Å². The summed E-state index contributed by atoms with van der Waals surface area (Å²) in [6, 6.07) is 8.85. The minimum atomic E-state index is 0.626. The quantitative estimate of drug-likeness (QED) is 0.695. The largest absolute Gasteiger partial charge is 0.313 e. The molecule has 3 atom stereocenters. The van der Waals surface area contributed by atoms with E-state index >= 15 is 0 Å². The van der Waals surface area contributed by atoms with Crippen molar-refractivity contribution in [3.05, 3.63) is 29.3 Å². The van der Waals surface area contributed by atoms with Crippen molar-refractivity contribution in [1.29, 1.82) is 0 Å². The van der Waals surface area contributed by atoms with Gasteiger partial charge in [0.05, 0.1) is 0 Å². The summed E-state index contributed by atoms with van der Waals surface area (Å²) in [7, 11) is 0. The Hall–Kier alpha value is -0.180. The molecule has 1 aliphatic carbocycles. The van der Waals surface area contributed by atoms with Crippen LogP contribution in [0, 0.1) is 17.8 Å². The third-order valence-corrected chi connectivity index (χ3v) is 5.88. The molecular weight excluding hydrogens is 298 g/mol. The minimum Gasteiger partial charge on any atom is -0.313 e. The molecule has 1 aromatic rings. The maximum Gasteiger partial charge on any atom is 0.0406 e. The van der Waals surface area contributed by atoms with Crippen LogP contribution in [0.25, 0.3) is 0 Å². The third kappa shape index (κ3) is 5.50. The lowest BCUT2D eigenvalue weighted by atomic mass is 9.74. The van der Waals surface area contributed by atoms with Crippen LogP contribution in [-0.4, -0.2) is 18.3 Å². The van der Waals surface area contributed by atoms with E-state index < -0.39 is 0 Å². The Morgan fingerprint density at radius 2 is 1.76 bits per heavy atom. The third-order valence-electron chi connectivity index (χ3n) is 4.49. The van der Waals surface area contributed by atoms with Gasteiger partial charge in [-0.25, -0.2) is 0 Å². The molecule has 0 saturated heterocycles. The van der Waals surface area contributed by atoms with E-state index in [-0.39, 0.29) is 0 Å². The normalized spacial score (nSPS) is 27.5. The van der Waals surface area contributed by atoms with Crippen LogP contribution in [-0.2, 0) is 0 Å². The highest BCUT2D eigenvalue weighted by Crippen LogP contribution is 2.36. The van der Waals surface area contributed by atoms with Gasteiger partial charge in [-0.2, -0.15) is 0 Å². The molecule has 3 unspecified atom stereocenters. The number of thioether (sulfide) groups is 1. The molecule has 0 amide bonds. The monoisotopic (exact) mass is 325 g/mol. The Bertz CT molecular complexity index is 410. The fraction of sp³-hybridized carbons (Fsp3) is 0.667. The Balaban J connectivity index is 1.93. The highest BCUT2D eigenvalue weighted by Gasteiger charge is 2.29. The Labute approximate surface area is 139 Å². The van der Waals surface area contributed by atoms with Gasteiger partial charge in [0.15, 0.2) is 0 Å². The predicted octanol–water partition coefficient (Wildman–Crippen LogP) is 5.48. The number of rotatable bonds is 6. The summed E-state index contributed by atoms with van der Waals surface area (Å²) in [4.78, 5) is 1.32. The van der Waals surface area contributed by atoms with Crippen molar-refractivity contribution in [3.63, 3.8) is 0 Å². The molecule has 0 radical (unpaired) electrons. The molecule has 0 bridgehead atoms. The van der Waals surface area contributed by atoms with Gasteiger partial charge in [0, 0.05) is 21.7 Å². The highest BCUT2D eigenvalue weighted by molar-refractivity contribution is 7.99. The molecule has 0 heterocycles. The van der Waals surface area contributed by atoms with Gasteiger partial charge in [0.1, 0.15) is 0 Å². The van der Waals surface area contributed by atoms with E-state index in [0.29, 0.717) is 6.04 Å². The van der Waals surface area contributed by atoms with Crippen LogP contribution in [0.1, 0.15) is 40.0 Å². The van der Waals surface area contributed by atoms with Crippen LogP contribution < -0.4 is 5.32 Å². The zero-order valence-electron chi connectivity index (χ0n) is 13.4. The Kier molecular flexibility index (Phi) is 6.91. The van der Waals surface area contributed by atoms with Gasteiger partial charge in [-0.15, -0.1) is 11.8 Å². The van der Waals surface area contributed by atoms with Crippen molar-refractivity contribution in [2.24, 2.45) is 17.8 Å². The molecule has 3 heteroatoms. The maximum atomic E-state index is 5.96. The second-order valence-electron chi connectivity index (χ2n) is 6.61. The first-order valence-corrected chi connectivity index (χ1v) is 9.56. The van der Waals surface area contributed by atoms with Gasteiger partial charge >= 0.3 is 0 Å². The SMILES string of the molecule is CCNC(CSc1ccc(Cl)cc1)C1CC(C)CC(C)C1. The zero-order valence-corrected chi connectivity index (χ0v) is 15.0. The summed E-state index contributed by atoms with van der Waals surface area (Å²) < 4.78 is 0. The summed E-state index contributed by atoms with van der Waals surface area (Å²) in [6.07, 6.45) is 4.16. The van der Waals surface area contributed by atoms with E-state index in [2.05, 4.69) is 38.2 Å². The zero-order chi connectivity index (χ0) is 15.2. The first-order chi connectivity index (χ1) is 10.1. The van der Waals surface area contributed by atoms with Crippen molar-refractivity contribution < 1.29 is 0 Å². The lowest BCUT2D eigenvalue weighted by Crippen LogP contribution is -2.41. The number of hydrogen-bond acceptors (Lipinski definition) is 2. The topological polar surface area (TPSA) is 12.0 Å². The summed E-state index contributed by atoms with van der Waals surface area (Å²) in [5.41, 5.74) is 0. The molecule has 1 aliphatic rings. The molecule has 1 saturated carbocycles. The smallest absolute Gasteiger partial charge is 0.0406 e. The molecule has 0 spiro atoms. The Morgan fingerprint density at radius 1 is 1.14 bits per heavy atom. The van der Waals surface area contributed by atoms with Crippen LogP contribution in [0.4, 0.5) is 0 Å². The van der Waals surface area contributed by atoms with Crippen molar-refractivity contribution in [1.82, 2.24) is 5.32 Å². The first kappa shape index (κ1) is 17.2. The molecule has 1 N–H and O–H groups in total. The molecule has 1 aromatic carbocycles. The number of benzene rings is 1. The molecule has 0 aliphatic heterocycles. The predicted molar refractivity (Wildman–Crippen MR) is 95.3 cm³/mol. The molecule has 1 fully saturated rings. The van der Waals surface area contributed by atoms with E-state index in [9.17, 15) is 0 Å².